The van der Waals surface area contributed by atoms with Gasteiger partial charge in [-0.2, -0.15) is 0 Å². The van der Waals surface area contributed by atoms with Crippen LogP contribution in [0.25, 0.3) is 10.8 Å². The van der Waals surface area contributed by atoms with Crippen LogP contribution in [0.2, 0.25) is 0 Å². The second-order valence-corrected chi connectivity index (χ2v) is 18.7. The van der Waals surface area contributed by atoms with Gasteiger partial charge in [-0.25, -0.2) is 4.79 Å². The number of ether oxygens (including phenoxy) is 4. The van der Waals surface area contributed by atoms with Gasteiger partial charge in [0.1, 0.15) is 41.4 Å². The molecule has 310 valence electrons. The maximum Gasteiger partial charge on any atom is 0.335 e. The number of rotatable bonds is 11. The van der Waals surface area contributed by atoms with E-state index in [4.69, 9.17) is 18.9 Å². The maximum atomic E-state index is 13.6. The highest BCUT2D eigenvalue weighted by molar-refractivity contribution is 8.76. The number of carboxylic acid groups (broad SMARTS) is 1. The number of benzene rings is 3. The first-order valence-electron chi connectivity index (χ1n) is 20.0. The predicted octanol–water partition coefficient (Wildman–Crippen LogP) is 5.90. The summed E-state index contributed by atoms with van der Waals surface area (Å²) in [7, 11) is 3.15. The molecule has 0 aromatic heterocycles. The number of phenols is 1. The van der Waals surface area contributed by atoms with E-state index in [0.29, 0.717) is 49.9 Å². The van der Waals surface area contributed by atoms with Gasteiger partial charge in [0.2, 0.25) is 6.29 Å². The van der Waals surface area contributed by atoms with Gasteiger partial charge in [0, 0.05) is 30.8 Å². The number of Topliss-reactive ketones (excluding diaryl/α,β-unsaturated/α-hetero) is 1. The van der Waals surface area contributed by atoms with Crippen molar-refractivity contribution in [2.75, 3.05) is 38.1 Å². The number of aliphatic hydroxyl groups excluding tert-OH is 4. The quantitative estimate of drug-likeness (QED) is 0.0990. The third-order valence-electron chi connectivity index (χ3n) is 12.9. The second kappa shape index (κ2) is 18.1. The topological polar surface area (TPSA) is 192 Å². The van der Waals surface area contributed by atoms with E-state index in [9.17, 15) is 40.2 Å². The van der Waals surface area contributed by atoms with E-state index < -0.39 is 48.5 Å². The highest BCUT2D eigenvalue weighted by Crippen LogP contribution is 2.56. The van der Waals surface area contributed by atoms with E-state index in [1.807, 2.05) is 30.3 Å². The van der Waals surface area contributed by atoms with E-state index in [1.165, 1.54) is 22.9 Å². The summed E-state index contributed by atoms with van der Waals surface area (Å²) in [4.78, 5) is 25.9. The smallest absolute Gasteiger partial charge is 0.335 e. The highest BCUT2D eigenvalue weighted by atomic mass is 33.1. The third-order valence-corrected chi connectivity index (χ3v) is 15.1. The number of hydrogen-bond donors (Lipinski definition) is 6. The summed E-state index contributed by atoms with van der Waals surface area (Å²) in [5.41, 5.74) is -0.321. The third kappa shape index (κ3) is 8.44. The average molecular weight is 827 g/mol. The molecule has 3 heterocycles. The molecular weight excluding hydrogens is 773 g/mol. The van der Waals surface area contributed by atoms with Crippen molar-refractivity contribution in [1.82, 2.24) is 0 Å². The summed E-state index contributed by atoms with van der Waals surface area (Å²) >= 11 is 0. The molecule has 3 saturated heterocycles. The highest BCUT2D eigenvalue weighted by Gasteiger charge is 2.59. The number of aliphatic hydroxyl groups is 4. The standard InChI is InChI=1S/C43H54O12S2/c1-25-17-29-18-30(40(50)51)19-32(35(29)37(47)34(25)31(46)12-11-26-7-3-2-4-8-26)54-41-38(48)39(49)43(33(20-45)55-41)15-13-27-9-5-10-28-21-52-22-42(36(27)28,14-6-16-44)23-56-57-24-53-43/h2-4,7-8,17-19,27-28,33,36,38-39,41,44-45,47-49H,5-6,9-16,20-24H2,1H3,(H,50,51). The molecule has 4 aliphatic rings. The van der Waals surface area contributed by atoms with E-state index in [2.05, 4.69) is 0 Å². The maximum absolute atomic E-state index is 13.6. The van der Waals surface area contributed by atoms with Crippen LogP contribution in [0.1, 0.15) is 83.2 Å². The van der Waals surface area contributed by atoms with E-state index in [0.717, 1.165) is 37.0 Å². The van der Waals surface area contributed by atoms with Crippen LogP contribution >= 0.6 is 21.6 Å². The van der Waals surface area contributed by atoms with Crippen LogP contribution in [-0.2, 0) is 20.6 Å². The number of phenolic OH excluding ortho intramolecular Hbond substituents is 1. The van der Waals surface area contributed by atoms with Crippen LogP contribution in [0, 0.1) is 30.1 Å². The minimum absolute atomic E-state index is 0.0485. The van der Waals surface area contributed by atoms with Gasteiger partial charge in [-0.05, 0) is 91.8 Å². The van der Waals surface area contributed by atoms with Crippen molar-refractivity contribution in [3.05, 3.63) is 70.8 Å². The molecule has 1 spiro atoms. The number of aromatic carboxylic acids is 1. The Labute approximate surface area is 340 Å². The van der Waals surface area contributed by atoms with Crippen LogP contribution in [-0.4, -0.2) is 111 Å². The number of fused-ring (bicyclic) bond motifs is 1. The van der Waals surface area contributed by atoms with Crippen molar-refractivity contribution >= 4 is 44.1 Å². The average Bonchev–Trinajstić information content (AvgIpc) is 3.24. The summed E-state index contributed by atoms with van der Waals surface area (Å²) in [6, 6.07) is 13.7. The first kappa shape index (κ1) is 42.2. The Hall–Kier alpha value is -2.92. The Kier molecular flexibility index (Phi) is 13.4. The normalized spacial score (nSPS) is 32.0. The predicted molar refractivity (Wildman–Crippen MR) is 217 cm³/mol. The van der Waals surface area contributed by atoms with E-state index in [-0.39, 0.29) is 70.2 Å². The van der Waals surface area contributed by atoms with E-state index in [1.54, 1.807) is 23.8 Å². The van der Waals surface area contributed by atoms with Gasteiger partial charge >= 0.3 is 5.97 Å². The number of ketones is 1. The van der Waals surface area contributed by atoms with Crippen LogP contribution in [0.3, 0.4) is 0 Å². The lowest BCUT2D eigenvalue weighted by atomic mass is 9.56. The van der Waals surface area contributed by atoms with Gasteiger partial charge in [0.05, 0.1) is 29.7 Å². The molecule has 0 amide bonds. The number of carboxylic acids is 1. The Bertz CT molecular complexity index is 1890. The minimum atomic E-state index is -1.72. The molecular formula is C43H54O12S2. The monoisotopic (exact) mass is 826 g/mol. The largest absolute Gasteiger partial charge is 0.506 e. The number of carbonyl (C=O) groups is 2. The zero-order chi connectivity index (χ0) is 40.3. The molecule has 1 saturated carbocycles. The zero-order valence-corrected chi connectivity index (χ0v) is 33.8. The SMILES string of the molecule is Cc1cc2cc(C(=O)O)cc(OC3OC(CO)C4(CCC5CCCC6COCC(CCCO)(CSSCO4)C56)C(O)C3O)c2c(O)c1C(=O)CCc1ccccc1. The van der Waals surface area contributed by atoms with Gasteiger partial charge in [-0.1, -0.05) is 70.8 Å². The Balaban J connectivity index is 1.18. The summed E-state index contributed by atoms with van der Waals surface area (Å²) in [5.74, 6) is -0.225. The molecule has 0 radical (unpaired) electrons. The van der Waals surface area contributed by atoms with Crippen molar-refractivity contribution in [3.63, 3.8) is 0 Å². The Morgan fingerprint density at radius 3 is 2.56 bits per heavy atom. The molecule has 4 fully saturated rings. The number of carbonyl (C=O) groups excluding carboxylic acids is 1. The molecule has 57 heavy (non-hydrogen) atoms. The van der Waals surface area contributed by atoms with Gasteiger partial charge < -0.3 is 49.6 Å². The van der Waals surface area contributed by atoms with Crippen LogP contribution in [0.4, 0.5) is 0 Å². The molecule has 9 unspecified atom stereocenters. The van der Waals surface area contributed by atoms with Crippen LogP contribution in [0.5, 0.6) is 11.5 Å². The Morgan fingerprint density at radius 2 is 1.81 bits per heavy atom. The van der Waals surface area contributed by atoms with Crippen molar-refractivity contribution in [2.24, 2.45) is 23.2 Å². The first-order valence-corrected chi connectivity index (χ1v) is 22.5. The molecule has 12 nitrogen and oxygen atoms in total. The fraction of sp³-hybridized carbons (Fsp3) is 0.581. The molecule has 14 heteroatoms. The summed E-state index contributed by atoms with van der Waals surface area (Å²) in [6.07, 6.45) is 0.0392. The molecule has 6 N–H and O–H groups in total. The lowest BCUT2D eigenvalue weighted by Crippen LogP contribution is -2.69. The fourth-order valence-corrected chi connectivity index (χ4v) is 12.6. The van der Waals surface area contributed by atoms with Gasteiger partial charge in [0.15, 0.2) is 5.78 Å². The molecule has 0 bridgehead atoms. The van der Waals surface area contributed by atoms with Gasteiger partial charge in [-0.15, -0.1) is 0 Å². The van der Waals surface area contributed by atoms with Crippen molar-refractivity contribution < 1.29 is 59.2 Å². The molecule has 3 aromatic rings. The first-order chi connectivity index (χ1) is 27.5. The second-order valence-electron chi connectivity index (χ2n) is 16.2. The fourth-order valence-electron chi connectivity index (χ4n) is 10.2. The Morgan fingerprint density at radius 1 is 1.02 bits per heavy atom. The van der Waals surface area contributed by atoms with Crippen LogP contribution < -0.4 is 4.74 Å². The lowest BCUT2D eigenvalue weighted by molar-refractivity contribution is -0.323. The van der Waals surface area contributed by atoms with Gasteiger partial charge in [-0.3, -0.25) is 4.79 Å². The molecule has 3 aromatic carbocycles. The van der Waals surface area contributed by atoms with Crippen molar-refractivity contribution in [2.45, 2.75) is 94.9 Å². The summed E-state index contributed by atoms with van der Waals surface area (Å²) < 4.78 is 25.3. The zero-order valence-electron chi connectivity index (χ0n) is 32.2. The molecule has 7 rings (SSSR count). The van der Waals surface area contributed by atoms with Crippen LogP contribution in [0.15, 0.2) is 48.5 Å². The molecule has 1 aliphatic carbocycles. The van der Waals surface area contributed by atoms with Crippen molar-refractivity contribution in [3.8, 4) is 11.5 Å². The number of aryl methyl sites for hydroxylation is 2. The summed E-state index contributed by atoms with van der Waals surface area (Å²) in [6.45, 7) is 2.53. The number of aromatic hydroxyl groups is 1. The molecule has 3 aliphatic heterocycles. The summed E-state index contributed by atoms with van der Waals surface area (Å²) in [5, 5.41) is 66.7. The lowest BCUT2D eigenvalue weighted by Gasteiger charge is -2.54. The van der Waals surface area contributed by atoms with Gasteiger partial charge in [0.25, 0.3) is 0 Å². The minimum Gasteiger partial charge on any atom is -0.506 e. The van der Waals surface area contributed by atoms with Crippen molar-refractivity contribution in [1.29, 1.82) is 0 Å². The number of hydrogen-bond acceptors (Lipinski definition) is 13. The molecule has 9 atom stereocenters. The van der Waals surface area contributed by atoms with E-state index >= 15 is 0 Å².